The first-order chi connectivity index (χ1) is 15.6. The molecule has 32 heavy (non-hydrogen) atoms. The maximum Gasteiger partial charge on any atom is 0.232 e. The van der Waals surface area contributed by atoms with E-state index in [0.29, 0.717) is 11.9 Å². The van der Waals surface area contributed by atoms with Gasteiger partial charge < -0.3 is 5.73 Å². The van der Waals surface area contributed by atoms with Crippen LogP contribution in [0.15, 0.2) is 48.9 Å². The van der Waals surface area contributed by atoms with Gasteiger partial charge in [-0.25, -0.2) is 18.4 Å². The van der Waals surface area contributed by atoms with Gasteiger partial charge >= 0.3 is 0 Å². The van der Waals surface area contributed by atoms with Crippen LogP contribution in [0.3, 0.4) is 0 Å². The van der Waals surface area contributed by atoms with Gasteiger partial charge in [-0.15, -0.1) is 0 Å². The number of nitrogens with one attached hydrogen (secondary N) is 1. The number of fused-ring (bicyclic) bond motifs is 1. The van der Waals surface area contributed by atoms with Crippen molar-refractivity contribution in [2.45, 2.75) is 44.7 Å². The minimum atomic E-state index is -2.07. The monoisotopic (exact) mass is 451 g/mol. The fraction of sp³-hybridized carbons (Fsp3) is 0.318. The summed E-state index contributed by atoms with van der Waals surface area (Å²) in [6.07, 6.45) is 9.26. The molecule has 0 bridgehead atoms. The molecule has 5 rings (SSSR count). The average molecular weight is 452 g/mol. The third-order valence-corrected chi connectivity index (χ3v) is 6.46. The molecule has 166 valence electrons. The number of aromatic nitrogens is 5. The van der Waals surface area contributed by atoms with E-state index in [-0.39, 0.29) is 6.54 Å². The zero-order valence-electron chi connectivity index (χ0n) is 17.5. The van der Waals surface area contributed by atoms with Crippen molar-refractivity contribution < 1.29 is 8.76 Å². The molecule has 1 aromatic carbocycles. The molecule has 0 saturated heterocycles. The van der Waals surface area contributed by atoms with Crippen molar-refractivity contribution in [2.75, 3.05) is 5.73 Å². The molecule has 1 fully saturated rings. The third kappa shape index (κ3) is 3.92. The lowest BCUT2D eigenvalue weighted by Crippen LogP contribution is -2.15. The predicted molar refractivity (Wildman–Crippen MR) is 124 cm³/mol. The summed E-state index contributed by atoms with van der Waals surface area (Å²) in [5, 5.41) is 9.14. The van der Waals surface area contributed by atoms with Gasteiger partial charge in [0.15, 0.2) is 5.82 Å². The maximum absolute atomic E-state index is 11.0. The van der Waals surface area contributed by atoms with Crippen molar-refractivity contribution in [3.8, 4) is 22.5 Å². The number of rotatable bonds is 6. The van der Waals surface area contributed by atoms with Crippen LogP contribution in [-0.4, -0.2) is 33.1 Å². The zero-order valence-corrected chi connectivity index (χ0v) is 18.3. The Hall–Kier alpha value is -3.08. The van der Waals surface area contributed by atoms with Gasteiger partial charge in [-0.05, 0) is 36.6 Å². The van der Waals surface area contributed by atoms with Crippen LogP contribution in [0.2, 0.25) is 0 Å². The van der Waals surface area contributed by atoms with Crippen molar-refractivity contribution in [3.05, 3.63) is 54.5 Å². The highest BCUT2D eigenvalue weighted by Gasteiger charge is 2.23. The quantitative estimate of drug-likeness (QED) is 0.385. The fourth-order valence-electron chi connectivity index (χ4n) is 4.60. The summed E-state index contributed by atoms with van der Waals surface area (Å²) in [7, 11) is 0. The Kier molecular flexibility index (Phi) is 5.73. The van der Waals surface area contributed by atoms with Gasteiger partial charge in [0, 0.05) is 23.9 Å². The molecule has 0 aliphatic heterocycles. The van der Waals surface area contributed by atoms with E-state index in [1.165, 1.54) is 25.6 Å². The smallest absolute Gasteiger partial charge is 0.232 e. The largest absolute Gasteiger partial charge is 0.382 e. The first-order valence-corrected chi connectivity index (χ1v) is 11.8. The highest BCUT2D eigenvalue weighted by atomic mass is 32.2. The summed E-state index contributed by atoms with van der Waals surface area (Å²) in [5.74, 6) is 0.408. The average Bonchev–Trinajstić information content (AvgIpc) is 3.44. The van der Waals surface area contributed by atoms with Crippen LogP contribution in [0.4, 0.5) is 5.82 Å². The molecule has 4 N–H and O–H groups in total. The summed E-state index contributed by atoms with van der Waals surface area (Å²) < 4.78 is 26.5. The molecular weight excluding hydrogens is 426 g/mol. The normalized spacial score (nSPS) is 15.9. The number of benzene rings is 1. The molecule has 1 aliphatic carbocycles. The van der Waals surface area contributed by atoms with E-state index in [2.05, 4.69) is 30.7 Å². The molecule has 1 aliphatic rings. The number of anilines is 1. The summed E-state index contributed by atoms with van der Waals surface area (Å²) >= 11 is -2.07. The highest BCUT2D eigenvalue weighted by molar-refractivity contribution is 7.77. The summed E-state index contributed by atoms with van der Waals surface area (Å²) in [6, 6.07) is 12.3. The van der Waals surface area contributed by atoms with Crippen molar-refractivity contribution in [1.29, 1.82) is 0 Å². The summed E-state index contributed by atoms with van der Waals surface area (Å²) in [5.41, 5.74) is 11.7. The Bertz CT molecular complexity index is 1280. The minimum Gasteiger partial charge on any atom is -0.382 e. The van der Waals surface area contributed by atoms with Crippen LogP contribution in [0, 0.1) is 0 Å². The number of nitrogens with two attached hydrogens (primary N) is 1. The fourth-order valence-corrected chi connectivity index (χ4v) is 4.89. The lowest BCUT2D eigenvalue weighted by atomic mass is 9.95. The molecule has 3 heterocycles. The van der Waals surface area contributed by atoms with Crippen LogP contribution in [0.1, 0.15) is 43.7 Å². The molecule has 10 heteroatoms. The maximum atomic E-state index is 11.0. The van der Waals surface area contributed by atoms with Gasteiger partial charge in [-0.1, -0.05) is 37.5 Å². The second-order valence-electron chi connectivity index (χ2n) is 8.07. The second kappa shape index (κ2) is 8.81. The van der Waals surface area contributed by atoms with E-state index < -0.39 is 11.3 Å². The van der Waals surface area contributed by atoms with Gasteiger partial charge in [-0.2, -0.15) is 10.2 Å². The molecule has 0 spiro atoms. The van der Waals surface area contributed by atoms with E-state index in [9.17, 15) is 4.21 Å². The number of nitrogens with zero attached hydrogens (tertiary/aromatic N) is 5. The lowest BCUT2D eigenvalue weighted by Gasteiger charge is -2.23. The molecule has 3 aromatic heterocycles. The molecule has 4 aromatic rings. The molecule has 0 amide bonds. The molecular formula is C22H25N7O2S. The van der Waals surface area contributed by atoms with E-state index in [1.54, 1.807) is 0 Å². The van der Waals surface area contributed by atoms with Gasteiger partial charge in [0.2, 0.25) is 11.3 Å². The van der Waals surface area contributed by atoms with Crippen LogP contribution in [0.25, 0.3) is 28.0 Å². The van der Waals surface area contributed by atoms with E-state index in [0.717, 1.165) is 46.4 Å². The van der Waals surface area contributed by atoms with Crippen LogP contribution in [0.5, 0.6) is 0 Å². The SMILES string of the molecule is Nc1ncnn2c(-c3cccc(CNS(=O)O)c3)cc(-c3ccnn3C3CCCCC3)c12. The van der Waals surface area contributed by atoms with Crippen molar-refractivity contribution in [1.82, 2.24) is 29.1 Å². The Labute approximate surface area is 188 Å². The zero-order chi connectivity index (χ0) is 22.1. The van der Waals surface area contributed by atoms with Crippen molar-refractivity contribution >= 4 is 22.6 Å². The molecule has 9 nitrogen and oxygen atoms in total. The number of hydrogen-bond donors (Lipinski definition) is 3. The summed E-state index contributed by atoms with van der Waals surface area (Å²) in [6.45, 7) is 0.276. The van der Waals surface area contributed by atoms with Gasteiger partial charge in [-0.3, -0.25) is 9.23 Å². The molecule has 0 radical (unpaired) electrons. The topological polar surface area (TPSA) is 123 Å². The van der Waals surface area contributed by atoms with Crippen molar-refractivity contribution in [2.24, 2.45) is 0 Å². The minimum absolute atomic E-state index is 0.276. The van der Waals surface area contributed by atoms with Gasteiger partial charge in [0.1, 0.15) is 11.8 Å². The Morgan fingerprint density at radius 2 is 1.97 bits per heavy atom. The lowest BCUT2D eigenvalue weighted by molar-refractivity contribution is 0.332. The molecule has 1 atom stereocenters. The van der Waals surface area contributed by atoms with E-state index in [1.807, 2.05) is 41.0 Å². The van der Waals surface area contributed by atoms with E-state index in [4.69, 9.17) is 10.3 Å². The first-order valence-electron chi connectivity index (χ1n) is 10.7. The summed E-state index contributed by atoms with van der Waals surface area (Å²) in [4.78, 5) is 4.24. The Morgan fingerprint density at radius 3 is 2.78 bits per heavy atom. The van der Waals surface area contributed by atoms with Crippen LogP contribution >= 0.6 is 0 Å². The van der Waals surface area contributed by atoms with E-state index >= 15 is 0 Å². The highest BCUT2D eigenvalue weighted by Crippen LogP contribution is 2.37. The van der Waals surface area contributed by atoms with Crippen LogP contribution < -0.4 is 10.5 Å². The van der Waals surface area contributed by atoms with Gasteiger partial charge in [0.05, 0.1) is 17.4 Å². The predicted octanol–water partition coefficient (Wildman–Crippen LogP) is 3.57. The molecule has 1 saturated carbocycles. The van der Waals surface area contributed by atoms with Crippen LogP contribution in [-0.2, 0) is 17.8 Å². The third-order valence-electron chi connectivity index (χ3n) is 6.07. The number of nitrogen functional groups attached to an aromatic ring is 1. The van der Waals surface area contributed by atoms with Crippen molar-refractivity contribution in [3.63, 3.8) is 0 Å². The second-order valence-corrected chi connectivity index (χ2v) is 8.86. The Morgan fingerprint density at radius 1 is 1.12 bits per heavy atom. The molecule has 1 unspecified atom stereocenters. The van der Waals surface area contributed by atoms with Gasteiger partial charge in [0.25, 0.3) is 0 Å². The standard InChI is InChI=1S/C22H25N7O2S/c23-22-21-18(19-9-10-25-28(19)17-7-2-1-3-8-17)12-20(29(21)26-14-24-22)16-6-4-5-15(11-16)13-27-32(30)31/h4-6,9-12,14,17,27H,1-3,7-8,13H2,(H,30,31)(H2,23,24,26). The first kappa shape index (κ1) is 20.8. The Balaban J connectivity index is 1.63. The number of hydrogen-bond acceptors (Lipinski definition) is 5.